The maximum absolute atomic E-state index is 13.2. The molecule has 1 N–H and O–H groups in total. The summed E-state index contributed by atoms with van der Waals surface area (Å²) in [5.41, 5.74) is 1.56. The lowest BCUT2D eigenvalue weighted by atomic mass is 10.1. The zero-order valence-electron chi connectivity index (χ0n) is 16.4. The van der Waals surface area contributed by atoms with Crippen LogP contribution in [0.5, 0.6) is 5.75 Å². The Bertz CT molecular complexity index is 940. The smallest absolute Gasteiger partial charge is 0.233 e. The summed E-state index contributed by atoms with van der Waals surface area (Å²) in [6, 6.07) is 11.9. The first-order valence-corrected chi connectivity index (χ1v) is 10.2. The largest absolute Gasteiger partial charge is 0.492 e. The van der Waals surface area contributed by atoms with E-state index >= 15 is 0 Å². The molecule has 0 atom stereocenters. The fourth-order valence-corrected chi connectivity index (χ4v) is 3.86. The average Bonchev–Trinajstić information content (AvgIpc) is 3.08. The number of rotatable bonds is 8. The van der Waals surface area contributed by atoms with Gasteiger partial charge in [0, 0.05) is 0 Å². The number of aromatic nitrogens is 1. The van der Waals surface area contributed by atoms with Crippen molar-refractivity contribution in [3.8, 4) is 5.75 Å². The molecule has 1 amide bonds. The van der Waals surface area contributed by atoms with Gasteiger partial charge in [0.25, 0.3) is 0 Å². The van der Waals surface area contributed by atoms with Crippen molar-refractivity contribution in [3.63, 3.8) is 0 Å². The standard InChI is InChI=1S/C21H24FN3O2S/c1-4-27-17-6-5-7-18-20(17)23-21(28-18)25(13-12-24(2)3)19(26)14-15-8-10-16(22)11-9-15/h5-11H,4,12-14H2,1-3H3/p+1. The normalized spacial score (nSPS) is 11.2. The monoisotopic (exact) mass is 402 g/mol. The quantitative estimate of drug-likeness (QED) is 0.630. The molecule has 0 radical (unpaired) electrons. The molecule has 0 saturated carbocycles. The maximum Gasteiger partial charge on any atom is 0.233 e. The lowest BCUT2D eigenvalue weighted by Crippen LogP contribution is -3.06. The molecule has 0 aliphatic heterocycles. The molecule has 0 fully saturated rings. The number of benzene rings is 2. The molecule has 0 spiro atoms. The van der Waals surface area contributed by atoms with Gasteiger partial charge in [0.2, 0.25) is 5.91 Å². The van der Waals surface area contributed by atoms with E-state index < -0.39 is 0 Å². The van der Waals surface area contributed by atoms with Crippen molar-refractivity contribution in [3.05, 3.63) is 53.8 Å². The van der Waals surface area contributed by atoms with Crippen molar-refractivity contribution in [2.45, 2.75) is 13.3 Å². The van der Waals surface area contributed by atoms with Gasteiger partial charge in [0.1, 0.15) is 17.1 Å². The Morgan fingerprint density at radius 1 is 1.21 bits per heavy atom. The van der Waals surface area contributed by atoms with Crippen LogP contribution in [-0.4, -0.2) is 44.7 Å². The predicted molar refractivity (Wildman–Crippen MR) is 111 cm³/mol. The lowest BCUT2D eigenvalue weighted by molar-refractivity contribution is -0.856. The minimum atomic E-state index is -0.307. The molecule has 1 aromatic heterocycles. The van der Waals surface area contributed by atoms with Gasteiger partial charge in [-0.3, -0.25) is 9.69 Å². The van der Waals surface area contributed by atoms with E-state index in [0.717, 1.165) is 28.1 Å². The highest BCUT2D eigenvalue weighted by Crippen LogP contribution is 2.34. The van der Waals surface area contributed by atoms with Gasteiger partial charge in [-0.05, 0) is 36.8 Å². The van der Waals surface area contributed by atoms with E-state index in [4.69, 9.17) is 9.72 Å². The second-order valence-corrected chi connectivity index (χ2v) is 7.85. The van der Waals surface area contributed by atoms with Crippen LogP contribution in [0.2, 0.25) is 0 Å². The third kappa shape index (κ3) is 4.85. The first-order chi connectivity index (χ1) is 13.5. The molecule has 0 saturated heterocycles. The predicted octanol–water partition coefficient (Wildman–Crippen LogP) is 2.55. The van der Waals surface area contributed by atoms with Crippen molar-refractivity contribution < 1.29 is 18.8 Å². The number of thiazole rings is 1. The van der Waals surface area contributed by atoms with Gasteiger partial charge in [0.15, 0.2) is 5.13 Å². The number of amides is 1. The highest BCUT2D eigenvalue weighted by Gasteiger charge is 2.22. The van der Waals surface area contributed by atoms with Crippen LogP contribution < -0.4 is 14.5 Å². The maximum atomic E-state index is 13.2. The average molecular weight is 403 g/mol. The number of para-hydroxylation sites is 1. The van der Waals surface area contributed by atoms with E-state index in [2.05, 4.69) is 0 Å². The van der Waals surface area contributed by atoms with Gasteiger partial charge in [-0.25, -0.2) is 9.37 Å². The molecule has 5 nitrogen and oxygen atoms in total. The molecule has 0 bridgehead atoms. The fraction of sp³-hybridized carbons (Fsp3) is 0.333. The summed E-state index contributed by atoms with van der Waals surface area (Å²) in [5, 5.41) is 0.663. The van der Waals surface area contributed by atoms with E-state index in [-0.39, 0.29) is 18.1 Å². The van der Waals surface area contributed by atoms with Gasteiger partial charge in [-0.1, -0.05) is 29.5 Å². The number of nitrogens with one attached hydrogen (secondary N) is 1. The molecule has 3 aromatic rings. The van der Waals surface area contributed by atoms with E-state index in [1.54, 1.807) is 17.0 Å². The molecular formula is C21H25FN3O2S+. The fourth-order valence-electron chi connectivity index (χ4n) is 2.83. The number of carbonyl (C=O) groups excluding carboxylic acids is 1. The Balaban J connectivity index is 1.90. The third-order valence-corrected chi connectivity index (χ3v) is 5.35. The van der Waals surface area contributed by atoms with E-state index in [0.29, 0.717) is 18.3 Å². The zero-order chi connectivity index (χ0) is 20.1. The first kappa shape index (κ1) is 20.2. The number of quaternary nitrogens is 1. The molecule has 148 valence electrons. The zero-order valence-corrected chi connectivity index (χ0v) is 17.2. The Kier molecular flexibility index (Phi) is 6.59. The highest BCUT2D eigenvalue weighted by atomic mass is 32.1. The SMILES string of the molecule is CCOc1cccc2sc(N(CC[NH+](C)C)C(=O)Cc3ccc(F)cc3)nc12. The second-order valence-electron chi connectivity index (χ2n) is 6.84. The van der Waals surface area contributed by atoms with Crippen LogP contribution in [0, 0.1) is 5.82 Å². The Morgan fingerprint density at radius 2 is 1.96 bits per heavy atom. The molecule has 1 heterocycles. The van der Waals surface area contributed by atoms with Crippen molar-refractivity contribution in [1.29, 1.82) is 0 Å². The van der Waals surface area contributed by atoms with Crippen LogP contribution in [0.4, 0.5) is 9.52 Å². The van der Waals surface area contributed by atoms with Crippen LogP contribution in [0.15, 0.2) is 42.5 Å². The topological polar surface area (TPSA) is 46.9 Å². The molecule has 28 heavy (non-hydrogen) atoms. The third-order valence-electron chi connectivity index (χ3n) is 4.31. The number of fused-ring (bicyclic) bond motifs is 1. The van der Waals surface area contributed by atoms with Crippen molar-refractivity contribution in [1.82, 2.24) is 4.98 Å². The summed E-state index contributed by atoms with van der Waals surface area (Å²) in [6.45, 7) is 3.85. The Labute approximate surface area is 168 Å². The van der Waals surface area contributed by atoms with Crippen molar-refractivity contribution in [2.24, 2.45) is 0 Å². The summed E-state index contributed by atoms with van der Waals surface area (Å²) >= 11 is 1.48. The van der Waals surface area contributed by atoms with Crippen LogP contribution in [0.25, 0.3) is 10.2 Å². The van der Waals surface area contributed by atoms with Crippen molar-refractivity contribution >= 4 is 32.6 Å². The highest BCUT2D eigenvalue weighted by molar-refractivity contribution is 7.22. The summed E-state index contributed by atoms with van der Waals surface area (Å²) in [4.78, 5) is 20.8. The second kappa shape index (κ2) is 9.12. The summed E-state index contributed by atoms with van der Waals surface area (Å²) in [7, 11) is 4.10. The Morgan fingerprint density at radius 3 is 2.64 bits per heavy atom. The van der Waals surface area contributed by atoms with E-state index in [1.165, 1.54) is 28.4 Å². The van der Waals surface area contributed by atoms with E-state index in [9.17, 15) is 9.18 Å². The van der Waals surface area contributed by atoms with Gasteiger partial charge < -0.3 is 9.64 Å². The van der Waals surface area contributed by atoms with Crippen LogP contribution in [0.1, 0.15) is 12.5 Å². The minimum Gasteiger partial charge on any atom is -0.492 e. The number of ether oxygens (including phenoxy) is 1. The molecule has 0 aliphatic carbocycles. The molecule has 3 rings (SSSR count). The lowest BCUT2D eigenvalue weighted by Gasteiger charge is -2.20. The minimum absolute atomic E-state index is 0.0510. The molecular weight excluding hydrogens is 377 g/mol. The molecule has 2 aromatic carbocycles. The van der Waals surface area contributed by atoms with Gasteiger partial charge in [-0.15, -0.1) is 0 Å². The number of halogens is 1. The van der Waals surface area contributed by atoms with Crippen molar-refractivity contribution in [2.75, 3.05) is 38.7 Å². The molecule has 7 heteroatoms. The van der Waals surface area contributed by atoms with Gasteiger partial charge in [0.05, 0.1) is 44.9 Å². The summed E-state index contributed by atoms with van der Waals surface area (Å²) < 4.78 is 19.8. The number of hydrogen-bond acceptors (Lipinski definition) is 4. The van der Waals surface area contributed by atoms with Crippen LogP contribution in [-0.2, 0) is 11.2 Å². The first-order valence-electron chi connectivity index (χ1n) is 9.34. The van der Waals surface area contributed by atoms with E-state index in [1.807, 2.05) is 39.2 Å². The number of likely N-dealkylation sites (N-methyl/N-ethyl adjacent to an activating group) is 1. The summed E-state index contributed by atoms with van der Waals surface area (Å²) in [6.07, 6.45) is 0.206. The molecule has 0 unspecified atom stereocenters. The Hall–Kier alpha value is -2.51. The number of anilines is 1. The molecule has 0 aliphatic rings. The van der Waals surface area contributed by atoms with Gasteiger partial charge in [-0.2, -0.15) is 0 Å². The summed E-state index contributed by atoms with van der Waals surface area (Å²) in [5.74, 6) is 0.371. The number of nitrogens with zero attached hydrogens (tertiary/aromatic N) is 2. The van der Waals surface area contributed by atoms with Crippen LogP contribution >= 0.6 is 11.3 Å². The van der Waals surface area contributed by atoms with Crippen LogP contribution in [0.3, 0.4) is 0 Å². The number of hydrogen-bond donors (Lipinski definition) is 1. The van der Waals surface area contributed by atoms with Gasteiger partial charge >= 0.3 is 0 Å². The number of carbonyl (C=O) groups is 1.